The molecule has 29 heavy (non-hydrogen) atoms. The highest BCUT2D eigenvalue weighted by Crippen LogP contribution is 2.39. The molecule has 0 N–H and O–H groups in total. The Kier molecular flexibility index (Phi) is 6.00. The van der Waals surface area contributed by atoms with Crippen molar-refractivity contribution in [2.75, 3.05) is 13.1 Å². The van der Waals surface area contributed by atoms with Crippen molar-refractivity contribution >= 4 is 0 Å². The van der Waals surface area contributed by atoms with E-state index in [2.05, 4.69) is 34.1 Å². The minimum absolute atomic E-state index is 0.0810. The smallest absolute Gasteiger partial charge is 0.123 e. The molecule has 1 aromatic carbocycles. The van der Waals surface area contributed by atoms with Crippen molar-refractivity contribution in [1.82, 2.24) is 14.9 Å². The van der Waals surface area contributed by atoms with Crippen LogP contribution in [0, 0.1) is 12.7 Å². The van der Waals surface area contributed by atoms with Crippen molar-refractivity contribution in [1.29, 1.82) is 0 Å². The first kappa shape index (κ1) is 19.7. The van der Waals surface area contributed by atoms with Crippen molar-refractivity contribution in [3.8, 4) is 0 Å². The Morgan fingerprint density at radius 3 is 2.34 bits per heavy atom. The number of hydrogen-bond acceptors (Lipinski definition) is 3. The Morgan fingerprint density at radius 2 is 1.69 bits per heavy atom. The average molecular weight is 390 g/mol. The minimum Gasteiger partial charge on any atom is -0.299 e. The fourth-order valence-electron chi connectivity index (χ4n) is 4.33. The molecular weight excluding hydrogens is 361 g/mol. The molecule has 1 saturated heterocycles. The molecule has 4 rings (SSSR count). The van der Waals surface area contributed by atoms with Crippen molar-refractivity contribution in [3.05, 3.63) is 95.3 Å². The predicted molar refractivity (Wildman–Crippen MR) is 114 cm³/mol. The van der Waals surface area contributed by atoms with Gasteiger partial charge >= 0.3 is 0 Å². The van der Waals surface area contributed by atoms with Gasteiger partial charge in [-0.15, -0.1) is 0 Å². The highest BCUT2D eigenvalue weighted by molar-refractivity contribution is 5.22. The van der Waals surface area contributed by atoms with Crippen LogP contribution in [-0.2, 0) is 18.4 Å². The maximum atomic E-state index is 13.2. The Hall–Kier alpha value is -2.59. The molecule has 0 aliphatic carbocycles. The van der Waals surface area contributed by atoms with Crippen LogP contribution in [0.2, 0.25) is 0 Å². The summed E-state index contributed by atoms with van der Waals surface area (Å²) in [5.41, 5.74) is 4.79. The third-order valence-corrected chi connectivity index (χ3v) is 6.21. The second-order valence-corrected chi connectivity index (χ2v) is 8.21. The Labute approximate surface area is 172 Å². The van der Waals surface area contributed by atoms with Crippen LogP contribution in [0.5, 0.6) is 0 Å². The standard InChI is InChI=1S/C25H28FN3/c1-20-5-6-22(18-28-20)19-29-16-13-25(14-17-29,24-4-2-3-15-27-24)12-11-21-7-9-23(26)10-8-21/h2-10,15,18H,11-14,16-17,19H2,1H3. The largest absolute Gasteiger partial charge is 0.299 e. The first-order valence-electron chi connectivity index (χ1n) is 10.4. The number of rotatable bonds is 6. The van der Waals surface area contributed by atoms with Gasteiger partial charge in [-0.3, -0.25) is 14.9 Å². The van der Waals surface area contributed by atoms with E-state index in [1.54, 1.807) is 12.1 Å². The molecule has 3 aromatic rings. The summed E-state index contributed by atoms with van der Waals surface area (Å²) in [6, 6.07) is 17.4. The van der Waals surface area contributed by atoms with E-state index in [0.717, 1.165) is 51.0 Å². The van der Waals surface area contributed by atoms with Gasteiger partial charge in [-0.1, -0.05) is 24.3 Å². The third kappa shape index (κ3) is 4.88. The maximum absolute atomic E-state index is 13.2. The van der Waals surface area contributed by atoms with Crippen LogP contribution in [0.3, 0.4) is 0 Å². The minimum atomic E-state index is -0.174. The molecule has 3 heterocycles. The topological polar surface area (TPSA) is 29.0 Å². The molecule has 4 heteroatoms. The molecule has 0 saturated carbocycles. The Bertz CT molecular complexity index is 899. The number of aromatic nitrogens is 2. The number of aryl methyl sites for hydroxylation is 2. The summed E-state index contributed by atoms with van der Waals surface area (Å²) in [6.45, 7) is 5.07. The van der Waals surface area contributed by atoms with Gasteiger partial charge in [0.15, 0.2) is 0 Å². The SMILES string of the molecule is Cc1ccc(CN2CCC(CCc3ccc(F)cc3)(c3ccccn3)CC2)cn1. The van der Waals surface area contributed by atoms with Crippen LogP contribution in [0.4, 0.5) is 4.39 Å². The van der Waals surface area contributed by atoms with Crippen LogP contribution < -0.4 is 0 Å². The van der Waals surface area contributed by atoms with Gasteiger partial charge in [0.1, 0.15) is 5.82 Å². The Balaban J connectivity index is 1.46. The summed E-state index contributed by atoms with van der Waals surface area (Å²) >= 11 is 0. The van der Waals surface area contributed by atoms with E-state index in [9.17, 15) is 4.39 Å². The molecule has 2 aromatic heterocycles. The summed E-state index contributed by atoms with van der Waals surface area (Å²) in [6.07, 6.45) is 8.05. The first-order valence-corrected chi connectivity index (χ1v) is 10.4. The normalized spacial score (nSPS) is 16.6. The molecule has 0 amide bonds. The summed E-state index contributed by atoms with van der Waals surface area (Å²) < 4.78 is 13.2. The number of nitrogens with zero attached hydrogens (tertiary/aromatic N) is 3. The predicted octanol–water partition coefficient (Wildman–Crippen LogP) is 5.09. The number of pyridine rings is 2. The lowest BCUT2D eigenvalue weighted by Gasteiger charge is -2.42. The zero-order chi connectivity index (χ0) is 20.1. The molecular formula is C25H28FN3. The van der Waals surface area contributed by atoms with E-state index in [0.29, 0.717) is 0 Å². The number of benzene rings is 1. The van der Waals surface area contributed by atoms with Gasteiger partial charge in [0.25, 0.3) is 0 Å². The lowest BCUT2D eigenvalue weighted by Crippen LogP contribution is -2.43. The van der Waals surface area contributed by atoms with Gasteiger partial charge in [0.2, 0.25) is 0 Å². The molecule has 1 aliphatic heterocycles. The summed E-state index contributed by atoms with van der Waals surface area (Å²) in [5, 5.41) is 0. The van der Waals surface area contributed by atoms with Crippen LogP contribution in [0.25, 0.3) is 0 Å². The van der Waals surface area contributed by atoms with Gasteiger partial charge in [0.05, 0.1) is 0 Å². The second kappa shape index (κ2) is 8.83. The molecule has 0 radical (unpaired) electrons. The van der Waals surface area contributed by atoms with Crippen molar-refractivity contribution in [2.45, 2.75) is 44.6 Å². The van der Waals surface area contributed by atoms with E-state index in [4.69, 9.17) is 4.98 Å². The summed E-state index contributed by atoms with van der Waals surface area (Å²) in [4.78, 5) is 11.7. The van der Waals surface area contributed by atoms with Crippen LogP contribution in [0.1, 0.15) is 41.8 Å². The van der Waals surface area contributed by atoms with Crippen molar-refractivity contribution in [3.63, 3.8) is 0 Å². The van der Waals surface area contributed by atoms with Crippen molar-refractivity contribution in [2.24, 2.45) is 0 Å². The van der Waals surface area contributed by atoms with Gasteiger partial charge in [-0.05, 0) is 87.2 Å². The van der Waals surface area contributed by atoms with Crippen molar-refractivity contribution < 1.29 is 4.39 Å². The highest BCUT2D eigenvalue weighted by atomic mass is 19.1. The second-order valence-electron chi connectivity index (χ2n) is 8.21. The number of hydrogen-bond donors (Lipinski definition) is 0. The lowest BCUT2D eigenvalue weighted by atomic mass is 9.71. The fraction of sp³-hybridized carbons (Fsp3) is 0.360. The molecule has 0 bridgehead atoms. The van der Waals surface area contributed by atoms with Crippen LogP contribution in [-0.4, -0.2) is 28.0 Å². The molecule has 1 fully saturated rings. The van der Waals surface area contributed by atoms with Crippen LogP contribution in [0.15, 0.2) is 67.0 Å². The van der Waals surface area contributed by atoms with E-state index in [-0.39, 0.29) is 11.2 Å². The highest BCUT2D eigenvalue weighted by Gasteiger charge is 2.36. The van der Waals surface area contributed by atoms with E-state index < -0.39 is 0 Å². The number of halogens is 1. The number of piperidine rings is 1. The van der Waals surface area contributed by atoms with Gasteiger partial charge in [-0.2, -0.15) is 0 Å². The average Bonchev–Trinajstić information content (AvgIpc) is 2.77. The zero-order valence-electron chi connectivity index (χ0n) is 17.0. The molecule has 0 atom stereocenters. The molecule has 150 valence electrons. The van der Waals surface area contributed by atoms with Gasteiger partial charge < -0.3 is 0 Å². The molecule has 1 aliphatic rings. The summed E-state index contributed by atoms with van der Waals surface area (Å²) in [7, 11) is 0. The molecule has 3 nitrogen and oxygen atoms in total. The monoisotopic (exact) mass is 389 g/mol. The first-order chi connectivity index (χ1) is 14.1. The Morgan fingerprint density at radius 1 is 0.931 bits per heavy atom. The van der Waals surface area contributed by atoms with E-state index in [1.165, 1.54) is 16.8 Å². The fourth-order valence-corrected chi connectivity index (χ4v) is 4.33. The quantitative estimate of drug-likeness (QED) is 0.588. The molecule has 0 spiro atoms. The summed E-state index contributed by atoms with van der Waals surface area (Å²) in [5.74, 6) is -0.174. The third-order valence-electron chi connectivity index (χ3n) is 6.21. The molecule has 0 unspecified atom stereocenters. The van der Waals surface area contributed by atoms with Crippen LogP contribution >= 0.6 is 0 Å². The van der Waals surface area contributed by atoms with Gasteiger partial charge in [0, 0.05) is 35.7 Å². The maximum Gasteiger partial charge on any atom is 0.123 e. The van der Waals surface area contributed by atoms with Gasteiger partial charge in [-0.25, -0.2) is 4.39 Å². The lowest BCUT2D eigenvalue weighted by molar-refractivity contribution is 0.143. The van der Waals surface area contributed by atoms with E-state index >= 15 is 0 Å². The van der Waals surface area contributed by atoms with E-state index in [1.807, 2.05) is 37.5 Å². The zero-order valence-corrected chi connectivity index (χ0v) is 17.0. The number of likely N-dealkylation sites (tertiary alicyclic amines) is 1.